The number of carboxylic acids is 1. The molecule has 2 saturated heterocycles. The summed E-state index contributed by atoms with van der Waals surface area (Å²) in [7, 11) is 0. The van der Waals surface area contributed by atoms with Gasteiger partial charge in [-0.1, -0.05) is 18.2 Å². The van der Waals surface area contributed by atoms with E-state index < -0.39 is 11.9 Å². The van der Waals surface area contributed by atoms with Crippen LogP contribution in [0.15, 0.2) is 34.7 Å². The molecular formula is C21H24N2O5. The summed E-state index contributed by atoms with van der Waals surface area (Å²) in [5.74, 6) is -0.488. The molecule has 1 amide bonds. The summed E-state index contributed by atoms with van der Waals surface area (Å²) in [5.41, 5.74) is 1.41. The summed E-state index contributed by atoms with van der Waals surface area (Å²) >= 11 is 0. The first-order valence-corrected chi connectivity index (χ1v) is 9.71. The molecule has 2 aliphatic heterocycles. The third kappa shape index (κ3) is 3.54. The highest BCUT2D eigenvalue weighted by Gasteiger charge is 2.41. The Labute approximate surface area is 163 Å². The van der Waals surface area contributed by atoms with Crippen molar-refractivity contribution in [2.75, 3.05) is 19.7 Å². The summed E-state index contributed by atoms with van der Waals surface area (Å²) in [6.07, 6.45) is 1.79. The van der Waals surface area contributed by atoms with Gasteiger partial charge in [0.1, 0.15) is 0 Å². The summed E-state index contributed by atoms with van der Waals surface area (Å²) in [4.78, 5) is 30.5. The van der Waals surface area contributed by atoms with Crippen LogP contribution in [0.1, 0.15) is 35.5 Å². The number of benzene rings is 1. The van der Waals surface area contributed by atoms with Gasteiger partial charge in [-0.2, -0.15) is 0 Å². The van der Waals surface area contributed by atoms with Crippen LogP contribution in [-0.4, -0.2) is 52.7 Å². The molecule has 3 heterocycles. The van der Waals surface area contributed by atoms with Crippen LogP contribution in [0.2, 0.25) is 0 Å². The predicted octanol–water partition coefficient (Wildman–Crippen LogP) is 2.99. The van der Waals surface area contributed by atoms with Crippen molar-refractivity contribution in [3.05, 3.63) is 41.8 Å². The number of hydrogen-bond donors (Lipinski definition) is 1. The third-order valence-corrected chi connectivity index (χ3v) is 5.76. The number of rotatable bonds is 4. The van der Waals surface area contributed by atoms with Gasteiger partial charge in [0.05, 0.1) is 17.7 Å². The fourth-order valence-electron chi connectivity index (χ4n) is 4.21. The number of aliphatic carboxylic acids is 1. The Bertz CT molecular complexity index is 855. The molecule has 7 nitrogen and oxygen atoms in total. The van der Waals surface area contributed by atoms with Gasteiger partial charge in [-0.25, -0.2) is 4.98 Å². The molecule has 0 spiro atoms. The Hall–Kier alpha value is -2.67. The molecular weight excluding hydrogens is 360 g/mol. The molecule has 0 aliphatic carbocycles. The first-order chi connectivity index (χ1) is 13.5. The SMILES string of the molecule is Cc1nc(-c2ccccc2)oc1C(=O)N1CCC([C@@H]2OCCC2C(=O)O)CC1. The average molecular weight is 384 g/mol. The highest BCUT2D eigenvalue weighted by molar-refractivity contribution is 5.93. The molecule has 2 aromatic rings. The molecule has 4 rings (SSSR count). The highest BCUT2D eigenvalue weighted by atomic mass is 16.5. The van der Waals surface area contributed by atoms with Crippen LogP contribution < -0.4 is 0 Å². The maximum absolute atomic E-state index is 12.9. The highest BCUT2D eigenvalue weighted by Crippen LogP contribution is 2.34. The maximum Gasteiger partial charge on any atom is 0.309 e. The van der Waals surface area contributed by atoms with Gasteiger partial charge in [0.25, 0.3) is 5.91 Å². The normalized spacial score (nSPS) is 23.1. The van der Waals surface area contributed by atoms with Crippen molar-refractivity contribution in [3.8, 4) is 11.5 Å². The molecule has 1 aromatic carbocycles. The van der Waals surface area contributed by atoms with Crippen LogP contribution in [-0.2, 0) is 9.53 Å². The van der Waals surface area contributed by atoms with Crippen LogP contribution in [0.3, 0.4) is 0 Å². The van der Waals surface area contributed by atoms with Gasteiger partial charge in [-0.15, -0.1) is 0 Å². The lowest BCUT2D eigenvalue weighted by molar-refractivity contribution is -0.145. The van der Waals surface area contributed by atoms with Gasteiger partial charge in [0, 0.05) is 25.3 Å². The van der Waals surface area contributed by atoms with E-state index >= 15 is 0 Å². The number of likely N-dealkylation sites (tertiary alicyclic amines) is 1. The summed E-state index contributed by atoms with van der Waals surface area (Å²) in [6.45, 7) is 3.41. The van der Waals surface area contributed by atoms with Crippen molar-refractivity contribution in [2.45, 2.75) is 32.3 Å². The van der Waals surface area contributed by atoms with Crippen LogP contribution in [0.4, 0.5) is 0 Å². The van der Waals surface area contributed by atoms with Gasteiger partial charge in [0.15, 0.2) is 0 Å². The van der Waals surface area contributed by atoms with Crippen molar-refractivity contribution >= 4 is 11.9 Å². The molecule has 7 heteroatoms. The molecule has 1 N–H and O–H groups in total. The standard InChI is InChI=1S/C21H24N2O5/c1-13-17(28-19(22-13)15-5-3-2-4-6-15)20(24)23-10-7-14(8-11-23)18-16(21(25)26)9-12-27-18/h2-6,14,16,18H,7-12H2,1H3,(H,25,26)/t16?,18-/m0/s1. The molecule has 148 valence electrons. The number of carbonyl (C=O) groups excluding carboxylic acids is 1. The molecule has 0 saturated carbocycles. The minimum absolute atomic E-state index is 0.159. The number of piperidine rings is 1. The molecule has 2 atom stereocenters. The fraction of sp³-hybridized carbons (Fsp3) is 0.476. The van der Waals surface area contributed by atoms with E-state index in [9.17, 15) is 14.7 Å². The van der Waals surface area contributed by atoms with Gasteiger partial charge in [0.2, 0.25) is 11.7 Å². The zero-order valence-corrected chi connectivity index (χ0v) is 15.8. The van der Waals surface area contributed by atoms with E-state index in [1.165, 1.54) is 0 Å². The van der Waals surface area contributed by atoms with Crippen molar-refractivity contribution in [1.29, 1.82) is 0 Å². The van der Waals surface area contributed by atoms with E-state index in [0.29, 0.717) is 37.7 Å². The number of carbonyl (C=O) groups is 2. The molecule has 0 radical (unpaired) electrons. The molecule has 1 unspecified atom stereocenters. The predicted molar refractivity (Wildman–Crippen MR) is 101 cm³/mol. The maximum atomic E-state index is 12.9. The van der Waals surface area contributed by atoms with Crippen LogP contribution in [0.25, 0.3) is 11.5 Å². The summed E-state index contributed by atoms with van der Waals surface area (Å²) in [6, 6.07) is 9.50. The Morgan fingerprint density at radius 3 is 2.54 bits per heavy atom. The number of hydrogen-bond acceptors (Lipinski definition) is 5. The van der Waals surface area contributed by atoms with Crippen molar-refractivity contribution in [3.63, 3.8) is 0 Å². The fourth-order valence-corrected chi connectivity index (χ4v) is 4.21. The van der Waals surface area contributed by atoms with E-state index in [4.69, 9.17) is 9.15 Å². The van der Waals surface area contributed by atoms with Crippen molar-refractivity contribution < 1.29 is 23.8 Å². The molecule has 28 heavy (non-hydrogen) atoms. The molecule has 1 aromatic heterocycles. The lowest BCUT2D eigenvalue weighted by Crippen LogP contribution is -2.43. The topological polar surface area (TPSA) is 92.9 Å². The second-order valence-electron chi connectivity index (χ2n) is 7.50. The number of amides is 1. The summed E-state index contributed by atoms with van der Waals surface area (Å²) < 4.78 is 11.5. The number of oxazole rings is 1. The van der Waals surface area contributed by atoms with Gasteiger partial charge >= 0.3 is 5.97 Å². The molecule has 2 aliphatic rings. The van der Waals surface area contributed by atoms with E-state index in [-0.39, 0.29) is 23.7 Å². The Morgan fingerprint density at radius 2 is 1.86 bits per heavy atom. The average Bonchev–Trinajstić information content (AvgIpc) is 3.35. The zero-order valence-electron chi connectivity index (χ0n) is 15.8. The first kappa shape index (κ1) is 18.7. The second-order valence-corrected chi connectivity index (χ2v) is 7.50. The van der Waals surface area contributed by atoms with Crippen LogP contribution in [0, 0.1) is 18.8 Å². The zero-order chi connectivity index (χ0) is 19.7. The largest absolute Gasteiger partial charge is 0.481 e. The molecule has 0 bridgehead atoms. The van der Waals surface area contributed by atoms with Gasteiger partial charge in [-0.3, -0.25) is 9.59 Å². The number of aryl methyl sites for hydroxylation is 1. The molecule has 2 fully saturated rings. The van der Waals surface area contributed by atoms with E-state index in [0.717, 1.165) is 18.4 Å². The van der Waals surface area contributed by atoms with E-state index in [1.54, 1.807) is 11.8 Å². The lowest BCUT2D eigenvalue weighted by Gasteiger charge is -2.35. The van der Waals surface area contributed by atoms with E-state index in [1.807, 2.05) is 30.3 Å². The Morgan fingerprint density at radius 1 is 1.14 bits per heavy atom. The van der Waals surface area contributed by atoms with Crippen molar-refractivity contribution in [2.24, 2.45) is 11.8 Å². The van der Waals surface area contributed by atoms with Gasteiger partial charge < -0.3 is 19.2 Å². The first-order valence-electron chi connectivity index (χ1n) is 9.71. The Kier molecular flexibility index (Phi) is 5.17. The smallest absolute Gasteiger partial charge is 0.309 e. The lowest BCUT2D eigenvalue weighted by atomic mass is 9.84. The number of aromatic nitrogens is 1. The number of nitrogens with zero attached hydrogens (tertiary/aromatic N) is 2. The summed E-state index contributed by atoms with van der Waals surface area (Å²) in [5, 5.41) is 9.37. The number of ether oxygens (including phenoxy) is 1. The number of carboxylic acid groups (broad SMARTS) is 1. The van der Waals surface area contributed by atoms with Crippen LogP contribution in [0.5, 0.6) is 0 Å². The minimum atomic E-state index is -0.785. The van der Waals surface area contributed by atoms with Gasteiger partial charge in [-0.05, 0) is 44.2 Å². The van der Waals surface area contributed by atoms with Crippen LogP contribution >= 0.6 is 0 Å². The van der Waals surface area contributed by atoms with Crippen molar-refractivity contribution in [1.82, 2.24) is 9.88 Å². The monoisotopic (exact) mass is 384 g/mol. The third-order valence-electron chi connectivity index (χ3n) is 5.76. The Balaban J connectivity index is 1.42. The minimum Gasteiger partial charge on any atom is -0.481 e. The quantitative estimate of drug-likeness (QED) is 0.871. The van der Waals surface area contributed by atoms with E-state index in [2.05, 4.69) is 4.98 Å². The second kappa shape index (κ2) is 7.75.